The van der Waals surface area contributed by atoms with Crippen LogP contribution in [0.5, 0.6) is 0 Å². The minimum Gasteiger partial charge on any atom is -0.308 e. The zero-order valence-electron chi connectivity index (χ0n) is 11.7. The van der Waals surface area contributed by atoms with Crippen LogP contribution in [-0.4, -0.2) is 21.7 Å². The Morgan fingerprint density at radius 2 is 2.14 bits per heavy atom. The second-order valence-electron chi connectivity index (χ2n) is 5.26. The monoisotopic (exact) mass is 284 g/mol. The third-order valence-corrected chi connectivity index (χ3v) is 3.74. The summed E-state index contributed by atoms with van der Waals surface area (Å²) < 4.78 is 0. The molecule has 1 fully saturated rings. The molecular weight excluding hydrogens is 268 g/mol. The van der Waals surface area contributed by atoms with Crippen molar-refractivity contribution in [1.82, 2.24) is 9.88 Å². The lowest BCUT2D eigenvalue weighted by Gasteiger charge is -2.17. The number of amides is 2. The molecule has 3 N–H and O–H groups in total. The van der Waals surface area contributed by atoms with E-state index in [1.807, 2.05) is 30.3 Å². The smallest absolute Gasteiger partial charge is 0.232 e. The summed E-state index contributed by atoms with van der Waals surface area (Å²) in [5.41, 5.74) is 4.08. The molecule has 1 atom stereocenters. The maximum absolute atomic E-state index is 12.0. The lowest BCUT2D eigenvalue weighted by atomic mass is 10.1. The number of carbonyl (C=O) groups excluding carboxylic acids is 2. The molecule has 6 heteroatoms. The van der Waals surface area contributed by atoms with Gasteiger partial charge >= 0.3 is 0 Å². The molecule has 2 heterocycles. The summed E-state index contributed by atoms with van der Waals surface area (Å²) in [6.45, 7) is 1.96. The highest BCUT2D eigenvalue weighted by Gasteiger charge is 2.35. The molecule has 0 bridgehead atoms. The van der Waals surface area contributed by atoms with Gasteiger partial charge in [-0.15, -0.1) is 0 Å². The quantitative estimate of drug-likeness (QED) is 0.505. The minimum absolute atomic E-state index is 0.142. The number of nitrogens with two attached hydrogens (primary N) is 1. The van der Waals surface area contributed by atoms with Gasteiger partial charge in [0.05, 0.1) is 12.1 Å². The lowest BCUT2D eigenvalue weighted by Crippen LogP contribution is -2.30. The molecule has 1 aliphatic heterocycles. The van der Waals surface area contributed by atoms with Crippen molar-refractivity contribution in [3.63, 3.8) is 0 Å². The molecule has 0 saturated carbocycles. The van der Waals surface area contributed by atoms with Crippen LogP contribution in [0.25, 0.3) is 10.9 Å². The van der Waals surface area contributed by atoms with E-state index in [-0.39, 0.29) is 30.7 Å². The van der Waals surface area contributed by atoms with Crippen molar-refractivity contribution in [2.24, 2.45) is 11.8 Å². The molecule has 108 valence electrons. The average Bonchev–Trinajstić information content (AvgIpc) is 2.73. The van der Waals surface area contributed by atoms with E-state index in [9.17, 15) is 9.59 Å². The van der Waals surface area contributed by atoms with Gasteiger partial charge in [-0.05, 0) is 12.1 Å². The van der Waals surface area contributed by atoms with Gasteiger partial charge in [-0.1, -0.05) is 25.1 Å². The number of hydrogen-bond acceptors (Lipinski definition) is 5. The number of nitrogen functional groups attached to an aromatic ring is 1. The van der Waals surface area contributed by atoms with E-state index in [2.05, 4.69) is 10.4 Å². The number of rotatable bonds is 3. The second-order valence-corrected chi connectivity index (χ2v) is 5.26. The molecule has 1 saturated heterocycles. The van der Waals surface area contributed by atoms with Crippen LogP contribution in [0, 0.1) is 5.92 Å². The molecule has 2 aromatic rings. The molecule has 1 aromatic carbocycles. The second kappa shape index (κ2) is 5.14. The van der Waals surface area contributed by atoms with Crippen molar-refractivity contribution < 1.29 is 9.59 Å². The Bertz CT molecular complexity index is 729. The van der Waals surface area contributed by atoms with Crippen molar-refractivity contribution in [2.75, 3.05) is 5.43 Å². The SMILES string of the molecule is CC1CC(=O)N(Cc2cc3ccccc3nc2NN)C1=O. The first-order valence-corrected chi connectivity index (χ1v) is 6.79. The summed E-state index contributed by atoms with van der Waals surface area (Å²) in [7, 11) is 0. The van der Waals surface area contributed by atoms with Crippen molar-refractivity contribution in [3.8, 4) is 0 Å². The van der Waals surface area contributed by atoms with E-state index in [0.717, 1.165) is 16.5 Å². The summed E-state index contributed by atoms with van der Waals surface area (Å²) in [5, 5.41) is 0.943. The molecule has 0 spiro atoms. The van der Waals surface area contributed by atoms with Gasteiger partial charge in [0.2, 0.25) is 11.8 Å². The number of carbonyl (C=O) groups is 2. The van der Waals surface area contributed by atoms with Crippen molar-refractivity contribution in [3.05, 3.63) is 35.9 Å². The standard InChI is InChI=1S/C15H16N4O2/c1-9-6-13(20)19(15(9)21)8-11-7-10-4-2-3-5-12(10)17-14(11)18-16/h2-5,7,9H,6,8,16H2,1H3,(H,17,18). The lowest BCUT2D eigenvalue weighted by molar-refractivity contribution is -0.139. The fourth-order valence-corrected chi connectivity index (χ4v) is 2.59. The number of imide groups is 1. The molecule has 3 rings (SSSR count). The largest absolute Gasteiger partial charge is 0.308 e. The topological polar surface area (TPSA) is 88.3 Å². The summed E-state index contributed by atoms with van der Waals surface area (Å²) in [6.07, 6.45) is 0.269. The van der Waals surface area contributed by atoms with Gasteiger partial charge in [0, 0.05) is 23.3 Å². The number of likely N-dealkylation sites (tertiary alicyclic amines) is 1. The first-order chi connectivity index (χ1) is 10.1. The number of hydrazine groups is 1. The van der Waals surface area contributed by atoms with Gasteiger partial charge in [-0.25, -0.2) is 10.8 Å². The van der Waals surface area contributed by atoms with E-state index in [0.29, 0.717) is 5.82 Å². The minimum atomic E-state index is -0.250. The Labute approximate surface area is 121 Å². The third kappa shape index (κ3) is 2.34. The molecule has 6 nitrogen and oxygen atoms in total. The highest BCUT2D eigenvalue weighted by molar-refractivity contribution is 6.03. The first kappa shape index (κ1) is 13.5. The van der Waals surface area contributed by atoms with Crippen molar-refractivity contribution in [2.45, 2.75) is 19.9 Å². The number of anilines is 1. The van der Waals surface area contributed by atoms with Crippen LogP contribution >= 0.6 is 0 Å². The molecule has 1 aromatic heterocycles. The Morgan fingerprint density at radius 3 is 2.81 bits per heavy atom. The molecule has 1 unspecified atom stereocenters. The van der Waals surface area contributed by atoms with Crippen LogP contribution in [0.4, 0.5) is 5.82 Å². The number of aromatic nitrogens is 1. The van der Waals surface area contributed by atoms with Gasteiger partial charge in [0.15, 0.2) is 0 Å². The summed E-state index contributed by atoms with van der Waals surface area (Å²) in [4.78, 5) is 29.6. The van der Waals surface area contributed by atoms with Crippen LogP contribution in [0.1, 0.15) is 18.9 Å². The number of nitrogens with zero attached hydrogens (tertiary/aromatic N) is 2. The van der Waals surface area contributed by atoms with Gasteiger partial charge < -0.3 is 5.43 Å². The van der Waals surface area contributed by atoms with Gasteiger partial charge in [0.1, 0.15) is 5.82 Å². The Balaban J connectivity index is 2.00. The van der Waals surface area contributed by atoms with Gasteiger partial charge in [0.25, 0.3) is 0 Å². The molecule has 0 radical (unpaired) electrons. The third-order valence-electron chi connectivity index (χ3n) is 3.74. The molecule has 2 amide bonds. The normalized spacial score (nSPS) is 18.6. The van der Waals surface area contributed by atoms with E-state index in [4.69, 9.17) is 5.84 Å². The first-order valence-electron chi connectivity index (χ1n) is 6.79. The van der Waals surface area contributed by atoms with Crippen molar-refractivity contribution in [1.29, 1.82) is 0 Å². The summed E-state index contributed by atoms with van der Waals surface area (Å²) in [6, 6.07) is 9.53. The summed E-state index contributed by atoms with van der Waals surface area (Å²) >= 11 is 0. The number of para-hydroxylation sites is 1. The number of fused-ring (bicyclic) bond motifs is 1. The fraction of sp³-hybridized carbons (Fsp3) is 0.267. The number of benzene rings is 1. The van der Waals surface area contributed by atoms with Crippen LogP contribution in [0.15, 0.2) is 30.3 Å². The molecular formula is C15H16N4O2. The highest BCUT2D eigenvalue weighted by Crippen LogP contribution is 2.25. The number of hydrogen-bond donors (Lipinski definition) is 2. The van der Waals surface area contributed by atoms with E-state index in [1.165, 1.54) is 4.90 Å². The highest BCUT2D eigenvalue weighted by atomic mass is 16.2. The van der Waals surface area contributed by atoms with Gasteiger partial charge in [-0.2, -0.15) is 0 Å². The van der Waals surface area contributed by atoms with E-state index < -0.39 is 0 Å². The predicted octanol–water partition coefficient (Wildman–Crippen LogP) is 1.42. The Kier molecular flexibility index (Phi) is 3.31. The number of nitrogens with one attached hydrogen (secondary N) is 1. The van der Waals surface area contributed by atoms with E-state index >= 15 is 0 Å². The Morgan fingerprint density at radius 1 is 1.38 bits per heavy atom. The van der Waals surface area contributed by atoms with Crippen molar-refractivity contribution >= 4 is 28.5 Å². The zero-order chi connectivity index (χ0) is 15.0. The maximum atomic E-state index is 12.0. The zero-order valence-corrected chi connectivity index (χ0v) is 11.7. The Hall–Kier alpha value is -2.47. The summed E-state index contributed by atoms with van der Waals surface area (Å²) in [5.74, 6) is 5.45. The molecule has 1 aliphatic rings. The van der Waals surface area contributed by atoms with Crippen LogP contribution in [-0.2, 0) is 16.1 Å². The van der Waals surface area contributed by atoms with Gasteiger partial charge in [-0.3, -0.25) is 14.5 Å². The van der Waals surface area contributed by atoms with Crippen LogP contribution in [0.3, 0.4) is 0 Å². The fourth-order valence-electron chi connectivity index (χ4n) is 2.59. The average molecular weight is 284 g/mol. The van der Waals surface area contributed by atoms with E-state index in [1.54, 1.807) is 6.92 Å². The molecule has 21 heavy (non-hydrogen) atoms. The maximum Gasteiger partial charge on any atom is 0.232 e. The predicted molar refractivity (Wildman–Crippen MR) is 78.9 cm³/mol. The van der Waals surface area contributed by atoms with Crippen LogP contribution < -0.4 is 11.3 Å². The van der Waals surface area contributed by atoms with Crippen LogP contribution in [0.2, 0.25) is 0 Å². The number of pyridine rings is 1. The molecule has 0 aliphatic carbocycles.